The number of hydrogen-bond donors (Lipinski definition) is 2. The number of hydrogen-bond acceptors (Lipinski definition) is 3. The second-order valence-electron chi connectivity index (χ2n) is 7.95. The van der Waals surface area contributed by atoms with Gasteiger partial charge >= 0.3 is 0 Å². The van der Waals surface area contributed by atoms with Crippen LogP contribution in [0.3, 0.4) is 0 Å². The largest absolute Gasteiger partial charge is 0.381 e. The molecule has 0 saturated carbocycles. The molecule has 1 saturated heterocycles. The van der Waals surface area contributed by atoms with E-state index in [0.29, 0.717) is 6.54 Å². The Bertz CT molecular complexity index is 565. The van der Waals surface area contributed by atoms with Crippen LogP contribution in [0, 0.1) is 5.41 Å². The third-order valence-electron chi connectivity index (χ3n) is 5.35. The third-order valence-corrected chi connectivity index (χ3v) is 5.35. The van der Waals surface area contributed by atoms with Gasteiger partial charge in [-0.15, -0.1) is 0 Å². The summed E-state index contributed by atoms with van der Waals surface area (Å²) in [6.07, 6.45) is 5.22. The molecule has 4 nitrogen and oxygen atoms in total. The van der Waals surface area contributed by atoms with E-state index < -0.39 is 0 Å². The van der Waals surface area contributed by atoms with Crippen LogP contribution in [0.5, 0.6) is 0 Å². The Labute approximate surface area is 145 Å². The van der Waals surface area contributed by atoms with Gasteiger partial charge in [-0.1, -0.05) is 38.1 Å². The fraction of sp³-hybridized carbons (Fsp3) is 0.650. The molecule has 1 aliphatic carbocycles. The van der Waals surface area contributed by atoms with Gasteiger partial charge in [0, 0.05) is 25.3 Å². The van der Waals surface area contributed by atoms with E-state index in [9.17, 15) is 4.79 Å². The van der Waals surface area contributed by atoms with E-state index in [1.54, 1.807) is 0 Å². The lowest BCUT2D eigenvalue weighted by Crippen LogP contribution is -2.43. The number of benzene rings is 1. The van der Waals surface area contributed by atoms with Crippen molar-refractivity contribution in [3.05, 3.63) is 35.4 Å². The fourth-order valence-corrected chi connectivity index (χ4v) is 3.86. The zero-order chi connectivity index (χ0) is 17.0. The Morgan fingerprint density at radius 2 is 2.00 bits per heavy atom. The Hall–Kier alpha value is -1.39. The van der Waals surface area contributed by atoms with Crippen LogP contribution in [0.2, 0.25) is 0 Å². The first kappa shape index (κ1) is 17.4. The Morgan fingerprint density at radius 3 is 2.79 bits per heavy atom. The highest BCUT2D eigenvalue weighted by atomic mass is 16.5. The van der Waals surface area contributed by atoms with Crippen LogP contribution in [0.4, 0.5) is 0 Å². The average Bonchev–Trinajstić information content (AvgIpc) is 2.70. The summed E-state index contributed by atoms with van der Waals surface area (Å²) in [5.41, 5.74) is 3.07. The van der Waals surface area contributed by atoms with Crippen LogP contribution in [0.15, 0.2) is 24.3 Å². The van der Waals surface area contributed by atoms with Gasteiger partial charge in [-0.05, 0) is 48.6 Å². The topological polar surface area (TPSA) is 50.4 Å². The van der Waals surface area contributed by atoms with Gasteiger partial charge in [-0.25, -0.2) is 0 Å². The van der Waals surface area contributed by atoms with Gasteiger partial charge in [0.1, 0.15) is 0 Å². The summed E-state index contributed by atoms with van der Waals surface area (Å²) >= 11 is 0. The molecule has 132 valence electrons. The molecule has 2 aliphatic rings. The minimum absolute atomic E-state index is 0.0986. The van der Waals surface area contributed by atoms with E-state index in [4.69, 9.17) is 4.74 Å². The maximum Gasteiger partial charge on any atom is 0.234 e. The lowest BCUT2D eigenvalue weighted by atomic mass is 9.83. The minimum Gasteiger partial charge on any atom is -0.381 e. The van der Waals surface area contributed by atoms with Crippen LogP contribution < -0.4 is 10.6 Å². The molecule has 1 amide bonds. The third kappa shape index (κ3) is 4.58. The number of aryl methyl sites for hydroxylation is 1. The summed E-state index contributed by atoms with van der Waals surface area (Å²) in [5, 5.41) is 6.66. The van der Waals surface area contributed by atoms with Crippen LogP contribution in [0.1, 0.15) is 56.7 Å². The van der Waals surface area contributed by atoms with Crippen molar-refractivity contribution in [2.75, 3.05) is 19.8 Å². The smallest absolute Gasteiger partial charge is 0.234 e. The Balaban J connectivity index is 1.61. The predicted molar refractivity (Wildman–Crippen MR) is 95.9 cm³/mol. The van der Waals surface area contributed by atoms with Crippen molar-refractivity contribution >= 4 is 5.91 Å². The predicted octanol–water partition coefficient (Wildman–Crippen LogP) is 2.98. The van der Waals surface area contributed by atoms with E-state index in [2.05, 4.69) is 48.7 Å². The molecule has 1 aromatic rings. The van der Waals surface area contributed by atoms with E-state index in [0.717, 1.165) is 38.9 Å². The number of rotatable bonds is 4. The maximum atomic E-state index is 12.3. The van der Waals surface area contributed by atoms with Gasteiger partial charge in [-0.3, -0.25) is 4.79 Å². The molecule has 0 bridgehead atoms. The maximum absolute atomic E-state index is 12.3. The zero-order valence-corrected chi connectivity index (χ0v) is 14.9. The number of carbonyl (C=O) groups excluding carboxylic acids is 1. The first-order valence-electron chi connectivity index (χ1n) is 9.22. The molecule has 0 spiro atoms. The van der Waals surface area contributed by atoms with E-state index in [-0.39, 0.29) is 23.4 Å². The quantitative estimate of drug-likeness (QED) is 0.835. The lowest BCUT2D eigenvalue weighted by Gasteiger charge is -2.28. The normalized spacial score (nSPS) is 24.0. The number of carbonyl (C=O) groups is 1. The second kappa shape index (κ2) is 7.66. The molecule has 3 rings (SSSR count). The van der Waals surface area contributed by atoms with Crippen molar-refractivity contribution in [1.82, 2.24) is 10.6 Å². The molecule has 1 aliphatic heterocycles. The molecule has 4 heteroatoms. The monoisotopic (exact) mass is 330 g/mol. The standard InChI is InChI=1S/C20H30N2O2/c1-20(2)10-7-15-5-3-4-6-17(15)18(13-20)21-14-19(23)22-16-8-11-24-12-9-16/h3-6,16,18,21H,7-14H2,1-2H3,(H,22,23)/t18-/m1/s1. The Morgan fingerprint density at radius 1 is 1.25 bits per heavy atom. The van der Waals surface area contributed by atoms with Crippen LogP contribution >= 0.6 is 0 Å². The highest BCUT2D eigenvalue weighted by Crippen LogP contribution is 2.39. The number of ether oxygens (including phenoxy) is 1. The van der Waals surface area contributed by atoms with Crippen LogP contribution in [0.25, 0.3) is 0 Å². The molecular formula is C20H30N2O2. The van der Waals surface area contributed by atoms with Crippen molar-refractivity contribution in [1.29, 1.82) is 0 Å². The van der Waals surface area contributed by atoms with E-state index in [1.165, 1.54) is 17.5 Å². The summed E-state index contributed by atoms with van der Waals surface area (Å²) in [5.74, 6) is 0.0986. The van der Waals surface area contributed by atoms with Gasteiger partial charge in [0.2, 0.25) is 5.91 Å². The summed E-state index contributed by atoms with van der Waals surface area (Å²) in [6.45, 7) is 6.54. The lowest BCUT2D eigenvalue weighted by molar-refractivity contribution is -0.121. The van der Waals surface area contributed by atoms with Gasteiger partial charge < -0.3 is 15.4 Å². The summed E-state index contributed by atoms with van der Waals surface area (Å²) in [6, 6.07) is 9.18. The van der Waals surface area contributed by atoms with Crippen LogP contribution in [-0.2, 0) is 16.0 Å². The molecule has 0 unspecified atom stereocenters. The highest BCUT2D eigenvalue weighted by Gasteiger charge is 2.29. The van der Waals surface area contributed by atoms with E-state index >= 15 is 0 Å². The van der Waals surface area contributed by atoms with Gasteiger partial charge in [0.05, 0.1) is 6.54 Å². The molecule has 0 aromatic heterocycles. The van der Waals surface area contributed by atoms with Gasteiger partial charge in [0.15, 0.2) is 0 Å². The SMILES string of the molecule is CC1(C)CCc2ccccc2[C@H](NCC(=O)NC2CCOCC2)C1. The zero-order valence-electron chi connectivity index (χ0n) is 14.9. The highest BCUT2D eigenvalue weighted by molar-refractivity contribution is 5.78. The Kier molecular flexibility index (Phi) is 5.57. The number of fused-ring (bicyclic) bond motifs is 1. The van der Waals surface area contributed by atoms with Crippen molar-refractivity contribution in [2.24, 2.45) is 5.41 Å². The number of nitrogens with one attached hydrogen (secondary N) is 2. The van der Waals surface area contributed by atoms with Gasteiger partial charge in [-0.2, -0.15) is 0 Å². The fourth-order valence-electron chi connectivity index (χ4n) is 3.86. The first-order valence-corrected chi connectivity index (χ1v) is 9.22. The molecular weight excluding hydrogens is 300 g/mol. The molecule has 24 heavy (non-hydrogen) atoms. The molecule has 1 fully saturated rings. The minimum atomic E-state index is 0.0986. The van der Waals surface area contributed by atoms with Crippen molar-refractivity contribution in [3.63, 3.8) is 0 Å². The van der Waals surface area contributed by atoms with Crippen molar-refractivity contribution in [2.45, 2.75) is 58.0 Å². The summed E-state index contributed by atoms with van der Waals surface area (Å²) in [7, 11) is 0. The summed E-state index contributed by atoms with van der Waals surface area (Å²) in [4.78, 5) is 12.3. The molecule has 0 radical (unpaired) electrons. The van der Waals surface area contributed by atoms with E-state index in [1.807, 2.05) is 0 Å². The average molecular weight is 330 g/mol. The number of amides is 1. The molecule has 1 aromatic carbocycles. The molecule has 1 atom stereocenters. The summed E-state index contributed by atoms with van der Waals surface area (Å²) < 4.78 is 5.35. The van der Waals surface area contributed by atoms with Gasteiger partial charge in [0.25, 0.3) is 0 Å². The second-order valence-corrected chi connectivity index (χ2v) is 7.95. The molecule has 1 heterocycles. The first-order chi connectivity index (χ1) is 11.5. The van der Waals surface area contributed by atoms with Crippen LogP contribution in [-0.4, -0.2) is 31.7 Å². The molecule has 2 N–H and O–H groups in total. The van der Waals surface area contributed by atoms with Crippen molar-refractivity contribution < 1.29 is 9.53 Å². The van der Waals surface area contributed by atoms with Crippen molar-refractivity contribution in [3.8, 4) is 0 Å².